The number of methoxy groups -OCH3 is 2. The van der Waals surface area contributed by atoms with Crippen LogP contribution in [-0.4, -0.2) is 55.7 Å². The molecule has 5 heteroatoms. The topological polar surface area (TPSA) is 48.0 Å². The van der Waals surface area contributed by atoms with Gasteiger partial charge >= 0.3 is 0 Å². The quantitative estimate of drug-likeness (QED) is 0.702. The maximum atomic E-state index is 13.4. The Hall–Kier alpha value is -1.59. The Bertz CT molecular complexity index is 1050. The summed E-state index contributed by atoms with van der Waals surface area (Å²) >= 11 is 0. The second-order valence-corrected chi connectivity index (χ2v) is 11.8. The van der Waals surface area contributed by atoms with E-state index in [0.717, 1.165) is 43.2 Å². The second kappa shape index (κ2) is 5.72. The van der Waals surface area contributed by atoms with Crippen molar-refractivity contribution in [3.05, 3.63) is 23.3 Å². The molecule has 4 fully saturated rings. The second-order valence-electron chi connectivity index (χ2n) is 11.8. The number of ether oxygens (including phenoxy) is 3. The highest BCUT2D eigenvalue weighted by Crippen LogP contribution is 2.83. The van der Waals surface area contributed by atoms with Crippen LogP contribution >= 0.6 is 0 Å². The summed E-state index contributed by atoms with van der Waals surface area (Å²) in [7, 11) is 3.53. The molecule has 5 nitrogen and oxygen atoms in total. The molecule has 32 heavy (non-hydrogen) atoms. The van der Waals surface area contributed by atoms with E-state index < -0.39 is 11.0 Å². The van der Waals surface area contributed by atoms with Gasteiger partial charge in [-0.25, -0.2) is 0 Å². The van der Waals surface area contributed by atoms with Crippen molar-refractivity contribution >= 4 is 5.78 Å². The lowest BCUT2D eigenvalue weighted by molar-refractivity contribution is -0.187. The first kappa shape index (κ1) is 19.8. The summed E-state index contributed by atoms with van der Waals surface area (Å²) in [5.74, 6) is 3.03. The molecule has 1 saturated heterocycles. The van der Waals surface area contributed by atoms with Gasteiger partial charge in [0.05, 0.1) is 12.5 Å². The first-order chi connectivity index (χ1) is 15.3. The third-order valence-electron chi connectivity index (χ3n) is 11.1. The van der Waals surface area contributed by atoms with E-state index in [-0.39, 0.29) is 28.6 Å². The number of likely N-dealkylation sites (tertiary alicyclic amines) is 1. The number of hydrogen-bond donors (Lipinski definition) is 0. The van der Waals surface area contributed by atoms with E-state index >= 15 is 0 Å². The molecule has 0 aromatic heterocycles. The molecule has 1 spiro atoms. The lowest BCUT2D eigenvalue weighted by Gasteiger charge is -2.66. The van der Waals surface area contributed by atoms with Gasteiger partial charge in [-0.1, -0.05) is 19.9 Å². The number of fused-ring (bicyclic) bond motifs is 2. The van der Waals surface area contributed by atoms with E-state index in [4.69, 9.17) is 14.2 Å². The number of Topliss-reactive ketones (excluding diaryl/α,β-unsaturated/α-hetero) is 1. The van der Waals surface area contributed by atoms with Crippen LogP contribution in [0.5, 0.6) is 11.5 Å². The third kappa shape index (κ3) is 1.78. The Morgan fingerprint density at radius 3 is 2.72 bits per heavy atom. The van der Waals surface area contributed by atoms with Crippen LogP contribution in [0.4, 0.5) is 0 Å². The number of carbonyl (C=O) groups excluding carboxylic acids is 1. The van der Waals surface area contributed by atoms with Crippen LogP contribution in [-0.2, 0) is 21.4 Å². The van der Waals surface area contributed by atoms with Crippen molar-refractivity contribution < 1.29 is 19.0 Å². The molecular weight excluding hydrogens is 402 g/mol. The highest BCUT2D eigenvalue weighted by Gasteiger charge is 2.92. The Kier molecular flexibility index (Phi) is 3.55. The standard InChI is InChI=1S/C27H35NO4/c1-15-26(16(2)29)14-24(3)20-12-18-8-9-19(30-4)22-21(18)25(24,23(32-22)27(15,26)31-5)10-11-28(20)13-17-6-7-17/h8-9,15,17,20,23H,6-7,10-14H2,1-5H3/t15-,20-,23-,24-,25?,26-,27+/m1/s1. The number of piperidine rings is 1. The minimum Gasteiger partial charge on any atom is -0.493 e. The fraction of sp³-hybridized carbons (Fsp3) is 0.741. The zero-order valence-corrected chi connectivity index (χ0v) is 20.0. The van der Waals surface area contributed by atoms with Crippen LogP contribution in [0, 0.1) is 22.7 Å². The first-order valence-corrected chi connectivity index (χ1v) is 12.5. The molecular formula is C27H35NO4. The van der Waals surface area contributed by atoms with Crippen molar-refractivity contribution in [3.63, 3.8) is 0 Å². The van der Waals surface area contributed by atoms with Gasteiger partial charge in [0.2, 0.25) is 0 Å². The minimum atomic E-state index is -0.555. The van der Waals surface area contributed by atoms with E-state index in [0.29, 0.717) is 6.04 Å². The number of hydrogen-bond acceptors (Lipinski definition) is 5. The molecule has 0 radical (unpaired) electrons. The molecule has 0 N–H and O–H groups in total. The average molecular weight is 438 g/mol. The van der Waals surface area contributed by atoms with Crippen LogP contribution in [0.3, 0.4) is 0 Å². The van der Waals surface area contributed by atoms with E-state index in [9.17, 15) is 4.79 Å². The van der Waals surface area contributed by atoms with Crippen molar-refractivity contribution in [2.45, 2.75) is 76.0 Å². The molecule has 7 atom stereocenters. The van der Waals surface area contributed by atoms with Crippen LogP contribution < -0.4 is 9.47 Å². The molecule has 1 aromatic rings. The Morgan fingerprint density at radius 1 is 1.28 bits per heavy atom. The molecule has 3 saturated carbocycles. The van der Waals surface area contributed by atoms with Crippen molar-refractivity contribution in [2.24, 2.45) is 22.7 Å². The van der Waals surface area contributed by atoms with Crippen molar-refractivity contribution in [2.75, 3.05) is 27.3 Å². The molecule has 7 rings (SSSR count). The van der Waals surface area contributed by atoms with E-state index in [1.165, 1.54) is 30.5 Å². The molecule has 2 aliphatic heterocycles. The predicted octanol–water partition coefficient (Wildman–Crippen LogP) is 3.75. The van der Waals surface area contributed by atoms with E-state index in [2.05, 4.69) is 30.9 Å². The molecule has 172 valence electrons. The Balaban J connectivity index is 1.50. The summed E-state index contributed by atoms with van der Waals surface area (Å²) in [6.45, 7) is 8.80. The molecule has 2 bridgehead atoms. The SMILES string of the molecule is COc1ccc2c3c1O[C@@H]1C34CCN(CC3CC3)[C@H](C2)[C@@]4(C)C[C@]2(C(C)=O)[C@@H](C)[C@]12OC. The monoisotopic (exact) mass is 437 g/mol. The Morgan fingerprint density at radius 2 is 2.06 bits per heavy atom. The molecule has 0 amide bonds. The van der Waals surface area contributed by atoms with Gasteiger partial charge in [-0.15, -0.1) is 0 Å². The summed E-state index contributed by atoms with van der Waals surface area (Å²) in [4.78, 5) is 16.1. The van der Waals surface area contributed by atoms with Crippen molar-refractivity contribution in [3.8, 4) is 11.5 Å². The lowest BCUT2D eigenvalue weighted by atomic mass is 9.42. The summed E-state index contributed by atoms with van der Waals surface area (Å²) in [5, 5.41) is 0. The van der Waals surface area contributed by atoms with Gasteiger partial charge in [-0.3, -0.25) is 9.69 Å². The predicted molar refractivity (Wildman–Crippen MR) is 120 cm³/mol. The summed E-state index contributed by atoms with van der Waals surface area (Å²) < 4.78 is 19.2. The lowest BCUT2D eigenvalue weighted by Crippen LogP contribution is -2.74. The van der Waals surface area contributed by atoms with Crippen LogP contribution in [0.1, 0.15) is 57.6 Å². The summed E-state index contributed by atoms with van der Waals surface area (Å²) in [6, 6.07) is 4.80. The smallest absolute Gasteiger partial charge is 0.165 e. The van der Waals surface area contributed by atoms with Gasteiger partial charge in [0.25, 0.3) is 0 Å². The zero-order chi connectivity index (χ0) is 22.3. The van der Waals surface area contributed by atoms with Gasteiger partial charge in [-0.05, 0) is 68.5 Å². The fourth-order valence-electron chi connectivity index (χ4n) is 9.57. The minimum absolute atomic E-state index is 0.0338. The van der Waals surface area contributed by atoms with E-state index in [1.54, 1.807) is 21.1 Å². The largest absolute Gasteiger partial charge is 0.493 e. The average Bonchev–Trinajstić information content (AvgIpc) is 3.63. The maximum absolute atomic E-state index is 13.4. The normalized spacial score (nSPS) is 47.3. The molecule has 4 aliphatic carbocycles. The van der Waals surface area contributed by atoms with Gasteiger partial charge in [0.1, 0.15) is 17.5 Å². The highest BCUT2D eigenvalue weighted by atomic mass is 16.6. The van der Waals surface area contributed by atoms with Crippen molar-refractivity contribution in [1.29, 1.82) is 0 Å². The Labute approximate surface area is 190 Å². The molecule has 2 heterocycles. The van der Waals surface area contributed by atoms with Crippen molar-refractivity contribution in [1.82, 2.24) is 4.90 Å². The van der Waals surface area contributed by atoms with Gasteiger partial charge < -0.3 is 14.2 Å². The van der Waals surface area contributed by atoms with Gasteiger partial charge in [-0.2, -0.15) is 0 Å². The van der Waals surface area contributed by atoms with Crippen LogP contribution in [0.15, 0.2) is 12.1 Å². The fourth-order valence-corrected chi connectivity index (χ4v) is 9.57. The number of nitrogens with zero attached hydrogens (tertiary/aromatic N) is 1. The van der Waals surface area contributed by atoms with Crippen LogP contribution in [0.25, 0.3) is 0 Å². The van der Waals surface area contributed by atoms with Gasteiger partial charge in [0.15, 0.2) is 11.5 Å². The summed E-state index contributed by atoms with van der Waals surface area (Å²) in [5.41, 5.74) is 1.61. The van der Waals surface area contributed by atoms with Gasteiger partial charge in [0, 0.05) is 36.6 Å². The highest BCUT2D eigenvalue weighted by molar-refractivity contribution is 5.90. The van der Waals surface area contributed by atoms with Crippen LogP contribution in [0.2, 0.25) is 0 Å². The first-order valence-electron chi connectivity index (χ1n) is 12.5. The number of carbonyl (C=O) groups is 1. The summed E-state index contributed by atoms with van der Waals surface area (Å²) in [6.07, 6.45) is 5.60. The molecule has 1 unspecified atom stereocenters. The van der Waals surface area contributed by atoms with E-state index in [1.807, 2.05) is 0 Å². The maximum Gasteiger partial charge on any atom is 0.165 e. The number of benzene rings is 1. The molecule has 6 aliphatic rings. The molecule has 1 aromatic carbocycles. The number of rotatable bonds is 5. The zero-order valence-electron chi connectivity index (χ0n) is 20.0. The third-order valence-corrected chi connectivity index (χ3v) is 11.1. The number of ketones is 1.